The first-order valence-corrected chi connectivity index (χ1v) is 8.34. The van der Waals surface area contributed by atoms with E-state index in [0.29, 0.717) is 50.5 Å². The van der Waals surface area contributed by atoms with E-state index < -0.39 is 0 Å². The highest BCUT2D eigenvalue weighted by Gasteiger charge is 2.24. The minimum absolute atomic E-state index is 0.0239. The molecule has 0 bridgehead atoms. The molecule has 2 amide bonds. The summed E-state index contributed by atoms with van der Waals surface area (Å²) in [6.07, 6.45) is 0.525. The van der Waals surface area contributed by atoms with Crippen LogP contribution >= 0.6 is 0 Å². The topological polar surface area (TPSA) is 59.1 Å². The van der Waals surface area contributed by atoms with Gasteiger partial charge in [0.2, 0.25) is 5.91 Å². The van der Waals surface area contributed by atoms with Gasteiger partial charge in [0.1, 0.15) is 5.75 Å². The summed E-state index contributed by atoms with van der Waals surface area (Å²) in [6, 6.07) is 7.14. The number of carbonyl (C=O) groups excluding carboxylic acids is 2. The van der Waals surface area contributed by atoms with E-state index in [9.17, 15) is 9.59 Å². The molecule has 1 aromatic carbocycles. The molecule has 1 aliphatic rings. The fraction of sp³-hybridized carbons (Fsp3) is 0.556. The lowest BCUT2D eigenvalue weighted by atomic mass is 10.1. The van der Waals surface area contributed by atoms with Crippen molar-refractivity contribution in [3.8, 4) is 5.75 Å². The first kappa shape index (κ1) is 18.3. The molecule has 1 aromatic rings. The van der Waals surface area contributed by atoms with E-state index in [2.05, 4.69) is 0 Å². The van der Waals surface area contributed by atoms with Crippen LogP contribution in [0.5, 0.6) is 5.75 Å². The largest absolute Gasteiger partial charge is 0.497 e. The maximum absolute atomic E-state index is 12.5. The number of amides is 2. The lowest BCUT2D eigenvalue weighted by Gasteiger charge is -2.35. The molecule has 0 unspecified atom stereocenters. The number of hydrogen-bond acceptors (Lipinski definition) is 4. The maximum atomic E-state index is 12.5. The Hall–Kier alpha value is -2.08. The summed E-state index contributed by atoms with van der Waals surface area (Å²) in [5.74, 6) is 0.730. The van der Waals surface area contributed by atoms with Crippen LogP contribution in [0.15, 0.2) is 24.3 Å². The Labute approximate surface area is 143 Å². The average molecular weight is 334 g/mol. The van der Waals surface area contributed by atoms with Gasteiger partial charge in [-0.05, 0) is 32.0 Å². The van der Waals surface area contributed by atoms with Gasteiger partial charge in [-0.2, -0.15) is 0 Å². The van der Waals surface area contributed by atoms with E-state index in [1.165, 1.54) is 0 Å². The molecule has 2 rings (SSSR count). The summed E-state index contributed by atoms with van der Waals surface area (Å²) in [5, 5.41) is 0. The van der Waals surface area contributed by atoms with Crippen LogP contribution in [0, 0.1) is 0 Å². The molecule has 0 aliphatic carbocycles. The van der Waals surface area contributed by atoms with Crippen LogP contribution in [0.1, 0.15) is 30.6 Å². The van der Waals surface area contributed by atoms with E-state index in [4.69, 9.17) is 9.47 Å². The van der Waals surface area contributed by atoms with Gasteiger partial charge in [0.25, 0.3) is 5.91 Å². The second-order valence-corrected chi connectivity index (χ2v) is 6.07. The maximum Gasteiger partial charge on any atom is 0.254 e. The molecular weight excluding hydrogens is 308 g/mol. The van der Waals surface area contributed by atoms with Crippen LogP contribution in [-0.2, 0) is 9.53 Å². The van der Waals surface area contributed by atoms with Gasteiger partial charge in [0.15, 0.2) is 0 Å². The van der Waals surface area contributed by atoms with E-state index in [1.54, 1.807) is 35.1 Å². The zero-order valence-corrected chi connectivity index (χ0v) is 14.7. The van der Waals surface area contributed by atoms with Gasteiger partial charge in [-0.15, -0.1) is 0 Å². The molecular formula is C18H26N2O4. The Balaban J connectivity index is 1.83. The molecule has 6 heteroatoms. The number of nitrogens with zero attached hydrogens (tertiary/aromatic N) is 2. The van der Waals surface area contributed by atoms with Crippen molar-refractivity contribution in [2.45, 2.75) is 26.4 Å². The lowest BCUT2D eigenvalue weighted by molar-refractivity contribution is -0.134. The minimum Gasteiger partial charge on any atom is -0.497 e. The highest BCUT2D eigenvalue weighted by molar-refractivity contribution is 5.94. The number of methoxy groups -OCH3 is 1. The summed E-state index contributed by atoms with van der Waals surface area (Å²) in [4.78, 5) is 28.3. The van der Waals surface area contributed by atoms with Crippen molar-refractivity contribution in [3.63, 3.8) is 0 Å². The van der Waals surface area contributed by atoms with Crippen molar-refractivity contribution in [2.75, 3.05) is 39.9 Å². The smallest absolute Gasteiger partial charge is 0.254 e. The van der Waals surface area contributed by atoms with Gasteiger partial charge >= 0.3 is 0 Å². The first-order chi connectivity index (χ1) is 11.5. The Morgan fingerprint density at radius 2 is 1.79 bits per heavy atom. The molecule has 0 saturated carbocycles. The zero-order valence-electron chi connectivity index (χ0n) is 14.7. The summed E-state index contributed by atoms with van der Waals surface area (Å²) >= 11 is 0. The molecule has 24 heavy (non-hydrogen) atoms. The Morgan fingerprint density at radius 1 is 1.12 bits per heavy atom. The van der Waals surface area contributed by atoms with Crippen molar-refractivity contribution in [1.82, 2.24) is 9.80 Å². The molecule has 0 N–H and O–H groups in total. The van der Waals surface area contributed by atoms with Gasteiger partial charge in [-0.25, -0.2) is 0 Å². The second-order valence-electron chi connectivity index (χ2n) is 6.07. The van der Waals surface area contributed by atoms with Crippen LogP contribution in [0.25, 0.3) is 0 Å². The standard InChI is InChI=1S/C18H26N2O4/c1-14(2)24-12-7-17(21)19-8-10-20(11-9-19)18(22)15-5-4-6-16(13-15)23-3/h4-6,13-14H,7-12H2,1-3H3. The van der Waals surface area contributed by atoms with Crippen molar-refractivity contribution >= 4 is 11.8 Å². The van der Waals surface area contributed by atoms with Crippen molar-refractivity contribution in [3.05, 3.63) is 29.8 Å². The first-order valence-electron chi connectivity index (χ1n) is 8.34. The number of rotatable bonds is 6. The van der Waals surface area contributed by atoms with Gasteiger partial charge in [0, 0.05) is 31.7 Å². The molecule has 1 heterocycles. The highest BCUT2D eigenvalue weighted by atomic mass is 16.5. The van der Waals surface area contributed by atoms with Gasteiger partial charge in [-0.1, -0.05) is 6.07 Å². The Bertz CT molecular complexity index is 566. The normalized spacial score (nSPS) is 14.8. The monoisotopic (exact) mass is 334 g/mol. The van der Waals surface area contributed by atoms with Gasteiger partial charge < -0.3 is 19.3 Å². The average Bonchev–Trinajstić information content (AvgIpc) is 2.61. The second kappa shape index (κ2) is 8.68. The van der Waals surface area contributed by atoms with Crippen LogP contribution in [-0.4, -0.2) is 67.6 Å². The third kappa shape index (κ3) is 4.96. The lowest BCUT2D eigenvalue weighted by Crippen LogP contribution is -2.50. The van der Waals surface area contributed by atoms with Crippen LogP contribution in [0.3, 0.4) is 0 Å². The number of ether oxygens (including phenoxy) is 2. The summed E-state index contributed by atoms with van der Waals surface area (Å²) in [5.41, 5.74) is 0.611. The van der Waals surface area contributed by atoms with Crippen molar-refractivity contribution in [1.29, 1.82) is 0 Å². The fourth-order valence-corrected chi connectivity index (χ4v) is 2.64. The van der Waals surface area contributed by atoms with Crippen LogP contribution < -0.4 is 4.74 Å². The number of carbonyl (C=O) groups is 2. The molecule has 0 atom stereocenters. The zero-order chi connectivity index (χ0) is 17.5. The summed E-state index contributed by atoms with van der Waals surface area (Å²) in [7, 11) is 1.58. The summed E-state index contributed by atoms with van der Waals surface area (Å²) < 4.78 is 10.6. The molecule has 1 aliphatic heterocycles. The third-order valence-electron chi connectivity index (χ3n) is 4.00. The minimum atomic E-state index is -0.0239. The molecule has 132 valence electrons. The van der Waals surface area contributed by atoms with Crippen LogP contribution in [0.2, 0.25) is 0 Å². The number of piperazine rings is 1. The van der Waals surface area contributed by atoms with Crippen LogP contribution in [0.4, 0.5) is 0 Å². The SMILES string of the molecule is COc1cccc(C(=O)N2CCN(C(=O)CCOC(C)C)CC2)c1. The predicted octanol–water partition coefficient (Wildman–Crippen LogP) is 1.79. The van der Waals surface area contributed by atoms with E-state index in [-0.39, 0.29) is 17.9 Å². The van der Waals surface area contributed by atoms with E-state index >= 15 is 0 Å². The molecule has 0 spiro atoms. The molecule has 6 nitrogen and oxygen atoms in total. The van der Waals surface area contributed by atoms with Crippen molar-refractivity contribution < 1.29 is 19.1 Å². The quantitative estimate of drug-likeness (QED) is 0.796. The number of hydrogen-bond donors (Lipinski definition) is 0. The molecule has 1 saturated heterocycles. The predicted molar refractivity (Wildman–Crippen MR) is 91.2 cm³/mol. The fourth-order valence-electron chi connectivity index (χ4n) is 2.64. The number of benzene rings is 1. The Morgan fingerprint density at radius 3 is 2.42 bits per heavy atom. The summed E-state index contributed by atoms with van der Waals surface area (Å²) in [6.45, 7) is 6.58. The van der Waals surface area contributed by atoms with Gasteiger partial charge in [-0.3, -0.25) is 9.59 Å². The van der Waals surface area contributed by atoms with Gasteiger partial charge in [0.05, 0.1) is 26.2 Å². The molecule has 0 radical (unpaired) electrons. The van der Waals surface area contributed by atoms with Crippen molar-refractivity contribution in [2.24, 2.45) is 0 Å². The third-order valence-corrected chi connectivity index (χ3v) is 4.00. The molecule has 1 fully saturated rings. The van der Waals surface area contributed by atoms with E-state index in [0.717, 1.165) is 0 Å². The molecule has 0 aromatic heterocycles. The highest BCUT2D eigenvalue weighted by Crippen LogP contribution is 2.15. The van der Waals surface area contributed by atoms with E-state index in [1.807, 2.05) is 19.9 Å². The Kier molecular flexibility index (Phi) is 6.61.